The minimum absolute atomic E-state index is 0.0357. The smallest absolute Gasteiger partial charge is 0.207 e. The van der Waals surface area contributed by atoms with Crippen molar-refractivity contribution in [1.82, 2.24) is 5.32 Å². The number of allylic oxidation sites excluding steroid dienone is 1. The first-order valence-electron chi connectivity index (χ1n) is 7.37. The summed E-state index contributed by atoms with van der Waals surface area (Å²) >= 11 is 0. The molecule has 4 heteroatoms. The Morgan fingerprint density at radius 2 is 1.95 bits per heavy atom. The van der Waals surface area contributed by atoms with Crippen LogP contribution in [0.4, 0.5) is 0 Å². The second-order valence-corrected chi connectivity index (χ2v) is 6.71. The molecule has 0 aliphatic heterocycles. The fraction of sp³-hybridized carbons (Fsp3) is 0.750. The molecule has 0 aromatic rings. The SMILES string of the molecule is CC(C)C(=O)/C=C/[C@](C)(O)C1CCC(C)(NC=O)CC1. The summed E-state index contributed by atoms with van der Waals surface area (Å²) in [7, 11) is 0. The summed E-state index contributed by atoms with van der Waals surface area (Å²) in [6, 6.07) is 0. The van der Waals surface area contributed by atoms with Crippen molar-refractivity contribution < 1.29 is 14.7 Å². The highest BCUT2D eigenvalue weighted by atomic mass is 16.3. The molecular formula is C16H27NO3. The number of hydrogen-bond acceptors (Lipinski definition) is 3. The third-order valence-corrected chi connectivity index (χ3v) is 4.48. The van der Waals surface area contributed by atoms with Crippen LogP contribution in [0, 0.1) is 11.8 Å². The number of amides is 1. The van der Waals surface area contributed by atoms with E-state index in [4.69, 9.17) is 0 Å². The van der Waals surface area contributed by atoms with Crippen molar-refractivity contribution in [3.05, 3.63) is 12.2 Å². The van der Waals surface area contributed by atoms with E-state index in [0.717, 1.165) is 32.1 Å². The van der Waals surface area contributed by atoms with Gasteiger partial charge in [0.2, 0.25) is 6.41 Å². The van der Waals surface area contributed by atoms with Gasteiger partial charge < -0.3 is 10.4 Å². The highest BCUT2D eigenvalue weighted by molar-refractivity contribution is 5.91. The van der Waals surface area contributed by atoms with E-state index in [1.165, 1.54) is 6.08 Å². The first-order valence-corrected chi connectivity index (χ1v) is 7.37. The van der Waals surface area contributed by atoms with Gasteiger partial charge in [0.25, 0.3) is 0 Å². The molecule has 4 nitrogen and oxygen atoms in total. The van der Waals surface area contributed by atoms with E-state index in [9.17, 15) is 14.7 Å². The first kappa shape index (κ1) is 16.9. The topological polar surface area (TPSA) is 66.4 Å². The van der Waals surface area contributed by atoms with Crippen LogP contribution in [0.25, 0.3) is 0 Å². The molecule has 1 amide bonds. The number of nitrogens with one attached hydrogen (secondary N) is 1. The molecule has 1 saturated carbocycles. The molecule has 0 heterocycles. The average Bonchev–Trinajstić information content (AvgIpc) is 2.36. The number of carbonyl (C=O) groups excluding carboxylic acids is 2. The molecule has 0 saturated heterocycles. The minimum atomic E-state index is -0.965. The van der Waals surface area contributed by atoms with Crippen molar-refractivity contribution in [2.75, 3.05) is 0 Å². The monoisotopic (exact) mass is 281 g/mol. The summed E-state index contributed by atoms with van der Waals surface area (Å²) in [6.45, 7) is 7.49. The number of rotatable bonds is 6. The van der Waals surface area contributed by atoms with Gasteiger partial charge in [-0.2, -0.15) is 0 Å². The van der Waals surface area contributed by atoms with Crippen LogP contribution in [0.3, 0.4) is 0 Å². The predicted octanol–water partition coefficient (Wildman–Crippen LogP) is 2.21. The molecule has 114 valence electrons. The molecule has 1 aliphatic carbocycles. The van der Waals surface area contributed by atoms with Crippen LogP contribution >= 0.6 is 0 Å². The zero-order chi connectivity index (χ0) is 15.4. The highest BCUT2D eigenvalue weighted by Crippen LogP contribution is 2.38. The molecule has 0 radical (unpaired) electrons. The molecule has 2 N–H and O–H groups in total. The molecule has 0 aromatic carbocycles. The van der Waals surface area contributed by atoms with Crippen molar-refractivity contribution in [3.8, 4) is 0 Å². The average molecular weight is 281 g/mol. The predicted molar refractivity (Wildman–Crippen MR) is 79.2 cm³/mol. The lowest BCUT2D eigenvalue weighted by Gasteiger charge is -2.41. The van der Waals surface area contributed by atoms with Crippen molar-refractivity contribution in [1.29, 1.82) is 0 Å². The van der Waals surface area contributed by atoms with Crippen LogP contribution in [0.2, 0.25) is 0 Å². The number of ketones is 1. The maximum Gasteiger partial charge on any atom is 0.207 e. The Morgan fingerprint density at radius 3 is 2.40 bits per heavy atom. The number of hydrogen-bond donors (Lipinski definition) is 2. The lowest BCUT2D eigenvalue weighted by atomic mass is 9.71. The van der Waals surface area contributed by atoms with Crippen LogP contribution in [0.15, 0.2) is 12.2 Å². The molecule has 0 aromatic heterocycles. The quantitative estimate of drug-likeness (QED) is 0.579. The molecule has 1 atom stereocenters. The lowest BCUT2D eigenvalue weighted by Crippen LogP contribution is -2.47. The third kappa shape index (κ3) is 4.44. The first-order chi connectivity index (χ1) is 9.20. The van der Waals surface area contributed by atoms with Gasteiger partial charge >= 0.3 is 0 Å². The fourth-order valence-electron chi connectivity index (χ4n) is 2.71. The summed E-state index contributed by atoms with van der Waals surface area (Å²) in [6.07, 6.45) is 7.25. The Bertz CT molecular complexity index is 377. The maximum atomic E-state index is 11.6. The molecule has 1 fully saturated rings. The fourth-order valence-corrected chi connectivity index (χ4v) is 2.71. The Labute approximate surface area is 121 Å². The van der Waals surface area contributed by atoms with Crippen LogP contribution in [0.5, 0.6) is 0 Å². The summed E-state index contributed by atoms with van der Waals surface area (Å²) in [5.74, 6) is 0.113. The van der Waals surface area contributed by atoms with Gasteiger partial charge in [-0.25, -0.2) is 0 Å². The Hall–Kier alpha value is -1.16. The van der Waals surface area contributed by atoms with E-state index >= 15 is 0 Å². The largest absolute Gasteiger partial charge is 0.386 e. The van der Waals surface area contributed by atoms with E-state index in [2.05, 4.69) is 5.32 Å². The molecule has 0 spiro atoms. The number of aliphatic hydroxyl groups is 1. The summed E-state index contributed by atoms with van der Waals surface area (Å²) < 4.78 is 0. The molecule has 0 bridgehead atoms. The van der Waals surface area contributed by atoms with E-state index in [1.807, 2.05) is 20.8 Å². The van der Waals surface area contributed by atoms with Gasteiger partial charge in [-0.1, -0.05) is 13.8 Å². The Morgan fingerprint density at radius 1 is 1.40 bits per heavy atom. The highest BCUT2D eigenvalue weighted by Gasteiger charge is 2.37. The van der Waals surface area contributed by atoms with Crippen molar-refractivity contribution in [2.24, 2.45) is 11.8 Å². The number of carbonyl (C=O) groups is 2. The zero-order valence-electron chi connectivity index (χ0n) is 13.0. The van der Waals surface area contributed by atoms with Gasteiger partial charge in [0.15, 0.2) is 5.78 Å². The van der Waals surface area contributed by atoms with Gasteiger partial charge in [0, 0.05) is 11.5 Å². The van der Waals surface area contributed by atoms with E-state index in [1.54, 1.807) is 13.0 Å². The van der Waals surface area contributed by atoms with E-state index in [0.29, 0.717) is 0 Å². The minimum Gasteiger partial charge on any atom is -0.386 e. The zero-order valence-corrected chi connectivity index (χ0v) is 13.0. The second kappa shape index (κ2) is 6.53. The summed E-state index contributed by atoms with van der Waals surface area (Å²) in [5, 5.41) is 13.4. The van der Waals surface area contributed by atoms with Crippen molar-refractivity contribution >= 4 is 12.2 Å². The van der Waals surface area contributed by atoms with Gasteiger partial charge in [0.1, 0.15) is 0 Å². The van der Waals surface area contributed by atoms with Gasteiger partial charge in [-0.3, -0.25) is 9.59 Å². The van der Waals surface area contributed by atoms with Crippen molar-refractivity contribution in [3.63, 3.8) is 0 Å². The normalized spacial score (nSPS) is 30.2. The van der Waals surface area contributed by atoms with E-state index < -0.39 is 5.60 Å². The van der Waals surface area contributed by atoms with Crippen LogP contribution in [0.1, 0.15) is 53.4 Å². The van der Waals surface area contributed by atoms with Crippen molar-refractivity contribution in [2.45, 2.75) is 64.5 Å². The van der Waals surface area contributed by atoms with Gasteiger partial charge in [-0.15, -0.1) is 0 Å². The lowest BCUT2D eigenvalue weighted by molar-refractivity contribution is -0.117. The Kier molecular flexibility index (Phi) is 5.51. The molecule has 0 unspecified atom stereocenters. The molecule has 1 rings (SSSR count). The maximum absolute atomic E-state index is 11.6. The Balaban J connectivity index is 2.63. The van der Waals surface area contributed by atoms with E-state index in [-0.39, 0.29) is 23.2 Å². The molecular weight excluding hydrogens is 254 g/mol. The van der Waals surface area contributed by atoms with Gasteiger partial charge in [0.05, 0.1) is 5.60 Å². The second-order valence-electron chi connectivity index (χ2n) is 6.71. The van der Waals surface area contributed by atoms with Gasteiger partial charge in [-0.05, 0) is 57.6 Å². The van der Waals surface area contributed by atoms with Crippen LogP contribution in [-0.2, 0) is 9.59 Å². The molecule has 1 aliphatic rings. The third-order valence-electron chi connectivity index (χ3n) is 4.48. The summed E-state index contributed by atoms with van der Waals surface area (Å²) in [5.41, 5.74) is -1.13. The molecule has 20 heavy (non-hydrogen) atoms. The van der Waals surface area contributed by atoms with Crippen LogP contribution in [-0.4, -0.2) is 28.4 Å². The van der Waals surface area contributed by atoms with Crippen LogP contribution < -0.4 is 5.32 Å². The summed E-state index contributed by atoms with van der Waals surface area (Å²) in [4.78, 5) is 22.2. The standard InChI is InChI=1S/C16H27NO3/c1-12(2)14(19)7-10-16(4,20)13-5-8-15(3,9-6-13)17-11-18/h7,10-13,20H,5-6,8-9H2,1-4H3,(H,17,18)/b10-7+/t13?,15?,16-/m0/s1.